The van der Waals surface area contributed by atoms with Crippen molar-refractivity contribution in [3.05, 3.63) is 235 Å². The van der Waals surface area contributed by atoms with Crippen molar-refractivity contribution in [3.63, 3.8) is 0 Å². The third-order valence-corrected chi connectivity index (χ3v) is 12.0. The quantitative estimate of drug-likeness (QED) is 0.163. The van der Waals surface area contributed by atoms with Crippen LogP contribution in [0.3, 0.4) is 0 Å². The lowest BCUT2D eigenvalue weighted by Gasteiger charge is -2.31. The van der Waals surface area contributed by atoms with Gasteiger partial charge in [0.1, 0.15) is 0 Å². The molecule has 0 unspecified atom stereocenters. The molecule has 11 rings (SSSR count). The molecule has 0 amide bonds. The summed E-state index contributed by atoms with van der Waals surface area (Å²) >= 11 is 0. The second kappa shape index (κ2) is 13.8. The Labute approximate surface area is 333 Å². The normalized spacial score (nSPS) is 12.1. The van der Waals surface area contributed by atoms with Gasteiger partial charge >= 0.3 is 0 Å². The van der Waals surface area contributed by atoms with Crippen molar-refractivity contribution >= 4 is 49.4 Å². The molecule has 0 aromatic heterocycles. The second-order valence-electron chi connectivity index (χ2n) is 15.2. The zero-order valence-corrected chi connectivity index (χ0v) is 31.6. The van der Waals surface area contributed by atoms with Crippen LogP contribution in [-0.2, 0) is 12.8 Å². The van der Waals surface area contributed by atoms with Crippen LogP contribution in [-0.4, -0.2) is 0 Å². The highest BCUT2D eigenvalue weighted by atomic mass is 15.1. The zero-order valence-electron chi connectivity index (χ0n) is 31.6. The minimum atomic E-state index is 0.817. The Kier molecular flexibility index (Phi) is 8.03. The first kappa shape index (κ1) is 33.1. The highest BCUT2D eigenvalue weighted by Gasteiger charge is 2.24. The molecule has 1 aliphatic rings. The van der Waals surface area contributed by atoms with Crippen LogP contribution in [0.15, 0.2) is 212 Å². The van der Waals surface area contributed by atoms with E-state index in [4.69, 9.17) is 0 Å². The smallest absolute Gasteiger partial charge is 0.0543 e. The fraction of sp³-hybridized carbons (Fsp3) is 0.0357. The molecular weight excluding hydrogens is 687 g/mol. The van der Waals surface area contributed by atoms with Crippen LogP contribution in [0.4, 0.5) is 17.1 Å². The predicted molar refractivity (Wildman–Crippen MR) is 242 cm³/mol. The Balaban J connectivity index is 1.19. The van der Waals surface area contributed by atoms with Gasteiger partial charge in [0.25, 0.3) is 0 Å². The summed E-state index contributed by atoms with van der Waals surface area (Å²) in [4.78, 5) is 2.50. The number of anilines is 3. The van der Waals surface area contributed by atoms with Crippen LogP contribution in [0.1, 0.15) is 22.3 Å². The molecule has 0 atom stereocenters. The van der Waals surface area contributed by atoms with Gasteiger partial charge in [-0.25, -0.2) is 0 Å². The molecule has 0 bridgehead atoms. The molecule has 1 heteroatoms. The van der Waals surface area contributed by atoms with Gasteiger partial charge in [0, 0.05) is 16.9 Å². The van der Waals surface area contributed by atoms with E-state index in [1.165, 1.54) is 93.6 Å². The molecule has 0 saturated heterocycles. The lowest BCUT2D eigenvalue weighted by molar-refractivity contribution is 1.14. The highest BCUT2D eigenvalue weighted by Crippen LogP contribution is 2.47. The summed E-state index contributed by atoms with van der Waals surface area (Å²) in [5.41, 5.74) is 16.3. The molecule has 10 aromatic carbocycles. The van der Waals surface area contributed by atoms with Crippen molar-refractivity contribution in [1.82, 2.24) is 0 Å². The maximum Gasteiger partial charge on any atom is 0.0543 e. The Morgan fingerprint density at radius 2 is 0.719 bits per heavy atom. The Morgan fingerprint density at radius 1 is 0.281 bits per heavy atom. The summed E-state index contributed by atoms with van der Waals surface area (Å²) in [6.07, 6.45) is 1.66. The van der Waals surface area contributed by atoms with E-state index in [1.54, 1.807) is 0 Å². The van der Waals surface area contributed by atoms with Crippen molar-refractivity contribution in [2.75, 3.05) is 4.90 Å². The largest absolute Gasteiger partial charge is 0.310 e. The summed E-state index contributed by atoms with van der Waals surface area (Å²) in [7, 11) is 0. The summed E-state index contributed by atoms with van der Waals surface area (Å²) in [6, 6.07) is 78.5. The van der Waals surface area contributed by atoms with Gasteiger partial charge in [-0.2, -0.15) is 0 Å². The molecule has 0 aliphatic heterocycles. The molecule has 10 aromatic rings. The lowest BCUT2D eigenvalue weighted by atomic mass is 9.83. The third kappa shape index (κ3) is 5.71. The molecule has 0 heterocycles. The van der Waals surface area contributed by atoms with E-state index in [9.17, 15) is 0 Å². The van der Waals surface area contributed by atoms with Gasteiger partial charge in [-0.15, -0.1) is 0 Å². The first-order valence-electron chi connectivity index (χ1n) is 19.9. The van der Waals surface area contributed by atoms with Gasteiger partial charge in [0.2, 0.25) is 0 Å². The highest BCUT2D eigenvalue weighted by molar-refractivity contribution is 6.25. The number of rotatable bonds is 4. The van der Waals surface area contributed by atoms with Gasteiger partial charge in [0.05, 0.1) is 5.69 Å². The molecule has 0 saturated carbocycles. The van der Waals surface area contributed by atoms with E-state index in [1.807, 2.05) is 0 Å². The van der Waals surface area contributed by atoms with Crippen LogP contribution >= 0.6 is 0 Å². The first-order chi connectivity index (χ1) is 28.3. The molecular formula is C56H39N. The number of fused-ring (bicyclic) bond motifs is 12. The van der Waals surface area contributed by atoms with Crippen LogP contribution in [0.2, 0.25) is 0 Å². The second-order valence-corrected chi connectivity index (χ2v) is 15.2. The average Bonchev–Trinajstić information content (AvgIpc) is 3.28. The maximum atomic E-state index is 2.50. The van der Waals surface area contributed by atoms with Crippen LogP contribution < -0.4 is 4.90 Å². The lowest BCUT2D eigenvalue weighted by Crippen LogP contribution is -2.13. The summed E-state index contributed by atoms with van der Waals surface area (Å²) in [5.74, 6) is 0. The fourth-order valence-electron chi connectivity index (χ4n) is 9.33. The molecule has 57 heavy (non-hydrogen) atoms. The molecule has 0 spiro atoms. The molecule has 0 radical (unpaired) electrons. The van der Waals surface area contributed by atoms with Gasteiger partial charge in [-0.3, -0.25) is 0 Å². The number of nitrogens with zero attached hydrogens (tertiary/aromatic N) is 1. The van der Waals surface area contributed by atoms with Crippen molar-refractivity contribution in [2.45, 2.75) is 12.8 Å². The van der Waals surface area contributed by atoms with Crippen molar-refractivity contribution in [3.8, 4) is 33.4 Å². The number of hydrogen-bond acceptors (Lipinski definition) is 1. The molecule has 1 nitrogen and oxygen atoms in total. The summed E-state index contributed by atoms with van der Waals surface area (Å²) in [5, 5.41) is 7.64. The fourth-order valence-corrected chi connectivity index (χ4v) is 9.33. The average molecular weight is 726 g/mol. The molecule has 0 N–H and O–H groups in total. The first-order valence-corrected chi connectivity index (χ1v) is 19.9. The van der Waals surface area contributed by atoms with E-state index in [2.05, 4.69) is 217 Å². The van der Waals surface area contributed by atoms with Crippen LogP contribution in [0.5, 0.6) is 0 Å². The van der Waals surface area contributed by atoms with Crippen LogP contribution in [0, 0.1) is 0 Å². The minimum absolute atomic E-state index is 0.817. The third-order valence-electron chi connectivity index (χ3n) is 12.0. The van der Waals surface area contributed by atoms with Gasteiger partial charge in [-0.1, -0.05) is 182 Å². The molecule has 0 fully saturated rings. The van der Waals surface area contributed by atoms with E-state index >= 15 is 0 Å². The summed E-state index contributed by atoms with van der Waals surface area (Å²) in [6.45, 7) is 0. The number of hydrogen-bond donors (Lipinski definition) is 0. The minimum Gasteiger partial charge on any atom is -0.310 e. The predicted octanol–water partition coefficient (Wildman–Crippen LogP) is 15.1. The van der Waals surface area contributed by atoms with E-state index < -0.39 is 0 Å². The monoisotopic (exact) mass is 725 g/mol. The van der Waals surface area contributed by atoms with E-state index in [0.29, 0.717) is 0 Å². The Hall–Kier alpha value is -7.22. The zero-order chi connectivity index (χ0) is 37.7. The van der Waals surface area contributed by atoms with Crippen molar-refractivity contribution < 1.29 is 0 Å². The molecule has 268 valence electrons. The Morgan fingerprint density at radius 3 is 1.35 bits per heavy atom. The summed E-state index contributed by atoms with van der Waals surface area (Å²) < 4.78 is 0. The van der Waals surface area contributed by atoms with E-state index in [0.717, 1.165) is 24.2 Å². The topological polar surface area (TPSA) is 3.24 Å². The van der Waals surface area contributed by atoms with Gasteiger partial charge in [-0.05, 0) is 126 Å². The van der Waals surface area contributed by atoms with Gasteiger partial charge < -0.3 is 4.90 Å². The van der Waals surface area contributed by atoms with Crippen molar-refractivity contribution in [2.24, 2.45) is 0 Å². The van der Waals surface area contributed by atoms with Crippen molar-refractivity contribution in [1.29, 1.82) is 0 Å². The SMILES string of the molecule is c1ccc(-c2ccc(N(c3ccc4c5ccccc5c5ccccc5c4c3)c3cccc4c3-c3ccccc3Cc3ccccc3-c3ccccc3C4)cc2)cc1. The number of benzene rings is 10. The molecule has 1 aliphatic carbocycles. The van der Waals surface area contributed by atoms with Crippen LogP contribution in [0.25, 0.3) is 65.7 Å². The standard InChI is InChI=1S/C56H39N/c1-2-15-38(16-3-1)39-29-31-44(32-30-39)57(45-33-34-53-51-26-11-10-24-49(51)50-25-12-13-27-52(50)54(53)37-45)55-28-14-20-43-36-41-18-5-8-22-47(41)46-21-7-4-17-40(46)35-42-19-6-9-23-48(42)56(43)55/h1-34,37H,35-36H2. The Bertz CT molecular complexity index is 3090. The maximum absolute atomic E-state index is 2.50. The van der Waals surface area contributed by atoms with Gasteiger partial charge in [0.15, 0.2) is 0 Å². The van der Waals surface area contributed by atoms with E-state index in [-0.39, 0.29) is 0 Å².